The van der Waals surface area contributed by atoms with Crippen LogP contribution < -0.4 is 4.74 Å². The number of carbonyl (C=O) groups is 1. The zero-order chi connectivity index (χ0) is 21.8. The highest BCUT2D eigenvalue weighted by atomic mass is 32.2. The molecule has 0 bridgehead atoms. The summed E-state index contributed by atoms with van der Waals surface area (Å²) >= 11 is 0. The number of fused-ring (bicyclic) bond motifs is 1. The van der Waals surface area contributed by atoms with Crippen molar-refractivity contribution in [3.05, 3.63) is 78.1 Å². The first kappa shape index (κ1) is 20.7. The van der Waals surface area contributed by atoms with E-state index in [0.29, 0.717) is 36.4 Å². The Balaban J connectivity index is 1.43. The number of aryl methyl sites for hydroxylation is 1. The molecule has 158 valence electrons. The summed E-state index contributed by atoms with van der Waals surface area (Å²) in [5.74, 6) is 0.602. The molecule has 0 spiro atoms. The monoisotopic (exact) mass is 435 g/mol. The normalized spacial score (nSPS) is 11.5. The second-order valence-electron chi connectivity index (χ2n) is 7.01. The number of hydrogen-bond acceptors (Lipinski definition) is 6. The molecule has 0 aliphatic carbocycles. The minimum Gasteiger partial charge on any atom is -0.494 e. The maximum Gasteiger partial charge on any atom is 0.206 e. The molecule has 0 saturated carbocycles. The summed E-state index contributed by atoms with van der Waals surface area (Å²) in [6.07, 6.45) is 3.97. The van der Waals surface area contributed by atoms with Gasteiger partial charge in [0.25, 0.3) is 0 Å². The van der Waals surface area contributed by atoms with E-state index in [1.165, 1.54) is 18.3 Å². The Morgan fingerprint density at radius 2 is 1.68 bits per heavy atom. The summed E-state index contributed by atoms with van der Waals surface area (Å²) in [7, 11) is -3.62. The maximum atomic E-state index is 12.8. The number of nitrogens with one attached hydrogen (secondary N) is 1. The van der Waals surface area contributed by atoms with E-state index in [2.05, 4.69) is 15.2 Å². The summed E-state index contributed by atoms with van der Waals surface area (Å²) in [6, 6.07) is 14.8. The molecule has 2 aromatic carbocycles. The number of aromatic amines is 1. The van der Waals surface area contributed by atoms with Crippen molar-refractivity contribution in [1.82, 2.24) is 15.2 Å². The average Bonchev–Trinajstić information content (AvgIpc) is 3.26. The number of hydrogen-bond donors (Lipinski definition) is 1. The molecule has 0 unspecified atom stereocenters. The first-order valence-corrected chi connectivity index (χ1v) is 11.3. The lowest BCUT2D eigenvalue weighted by Gasteiger charge is -2.08. The summed E-state index contributed by atoms with van der Waals surface area (Å²) in [5.41, 5.74) is 2.06. The molecule has 31 heavy (non-hydrogen) atoms. The minimum absolute atomic E-state index is 0.0262. The Bertz CT molecular complexity index is 1310. The van der Waals surface area contributed by atoms with E-state index in [1.54, 1.807) is 48.7 Å². The fourth-order valence-corrected chi connectivity index (χ4v) is 4.51. The van der Waals surface area contributed by atoms with Crippen molar-refractivity contribution in [2.75, 3.05) is 6.61 Å². The Morgan fingerprint density at radius 3 is 2.35 bits per heavy atom. The summed E-state index contributed by atoms with van der Waals surface area (Å²) in [4.78, 5) is 17.1. The van der Waals surface area contributed by atoms with Crippen LogP contribution in [0.4, 0.5) is 0 Å². The third-order valence-corrected chi connectivity index (χ3v) is 6.72. The smallest absolute Gasteiger partial charge is 0.206 e. The van der Waals surface area contributed by atoms with Crippen molar-refractivity contribution in [3.8, 4) is 5.75 Å². The molecule has 4 rings (SSSR count). The Hall–Kier alpha value is -3.52. The van der Waals surface area contributed by atoms with Crippen LogP contribution in [0.15, 0.2) is 76.8 Å². The van der Waals surface area contributed by atoms with Crippen LogP contribution in [0.3, 0.4) is 0 Å². The van der Waals surface area contributed by atoms with Gasteiger partial charge in [-0.25, -0.2) is 13.4 Å². The lowest BCUT2D eigenvalue weighted by Crippen LogP contribution is -2.04. The zero-order valence-corrected chi connectivity index (χ0v) is 17.7. The second kappa shape index (κ2) is 8.69. The molecule has 2 heterocycles. The third-order valence-electron chi connectivity index (χ3n) is 4.93. The van der Waals surface area contributed by atoms with Gasteiger partial charge in [-0.05, 0) is 61.4 Å². The summed E-state index contributed by atoms with van der Waals surface area (Å²) in [6.45, 7) is 2.39. The number of aromatic nitrogens is 3. The minimum atomic E-state index is -3.62. The van der Waals surface area contributed by atoms with Crippen LogP contribution in [0.25, 0.3) is 11.0 Å². The topological polar surface area (TPSA) is 102 Å². The van der Waals surface area contributed by atoms with Gasteiger partial charge in [-0.2, -0.15) is 5.10 Å². The van der Waals surface area contributed by atoms with Crippen molar-refractivity contribution in [2.45, 2.75) is 29.6 Å². The Labute approximate surface area is 180 Å². The number of H-pyrrole nitrogens is 1. The van der Waals surface area contributed by atoms with Gasteiger partial charge in [0.2, 0.25) is 9.84 Å². The van der Waals surface area contributed by atoms with Crippen molar-refractivity contribution in [3.63, 3.8) is 0 Å². The molecule has 8 heteroatoms. The quantitative estimate of drug-likeness (QED) is 0.420. The van der Waals surface area contributed by atoms with Crippen LogP contribution in [0.1, 0.15) is 29.3 Å². The molecule has 0 aliphatic heterocycles. The molecule has 4 aromatic rings. The van der Waals surface area contributed by atoms with Crippen LogP contribution in [0.2, 0.25) is 0 Å². The zero-order valence-electron chi connectivity index (χ0n) is 16.9. The fourth-order valence-electron chi connectivity index (χ4n) is 3.24. The predicted octanol–water partition coefficient (Wildman–Crippen LogP) is 4.00. The highest BCUT2D eigenvalue weighted by molar-refractivity contribution is 7.91. The molecule has 0 fully saturated rings. The van der Waals surface area contributed by atoms with Crippen LogP contribution in [-0.4, -0.2) is 36.0 Å². The number of pyridine rings is 1. The molecule has 1 N–H and O–H groups in total. The van der Waals surface area contributed by atoms with E-state index in [-0.39, 0.29) is 15.6 Å². The van der Waals surface area contributed by atoms with Gasteiger partial charge in [-0.1, -0.05) is 12.1 Å². The van der Waals surface area contributed by atoms with Crippen LogP contribution >= 0.6 is 0 Å². The molecule has 0 radical (unpaired) electrons. The number of benzene rings is 2. The van der Waals surface area contributed by atoms with Gasteiger partial charge in [0.15, 0.2) is 11.4 Å². The Kier molecular flexibility index (Phi) is 5.81. The van der Waals surface area contributed by atoms with Crippen molar-refractivity contribution in [1.29, 1.82) is 0 Å². The molecule has 0 aliphatic rings. The molecule has 2 aromatic heterocycles. The number of nitrogens with zero attached hydrogens (tertiary/aromatic N) is 2. The lowest BCUT2D eigenvalue weighted by molar-refractivity contribution is 0.0982. The van der Waals surface area contributed by atoms with Gasteiger partial charge < -0.3 is 4.74 Å². The first-order valence-electron chi connectivity index (χ1n) is 9.86. The van der Waals surface area contributed by atoms with Crippen molar-refractivity contribution < 1.29 is 17.9 Å². The highest BCUT2D eigenvalue weighted by Crippen LogP contribution is 2.24. The van der Waals surface area contributed by atoms with Crippen molar-refractivity contribution >= 4 is 26.7 Å². The van der Waals surface area contributed by atoms with E-state index in [1.807, 2.05) is 6.92 Å². The molecule has 0 atom stereocenters. The van der Waals surface area contributed by atoms with E-state index in [0.717, 1.165) is 10.9 Å². The Morgan fingerprint density at radius 1 is 1.00 bits per heavy atom. The predicted molar refractivity (Wildman–Crippen MR) is 116 cm³/mol. The second-order valence-corrected chi connectivity index (χ2v) is 8.96. The van der Waals surface area contributed by atoms with E-state index < -0.39 is 9.84 Å². The summed E-state index contributed by atoms with van der Waals surface area (Å²) < 4.78 is 31.0. The highest BCUT2D eigenvalue weighted by Gasteiger charge is 2.18. The van der Waals surface area contributed by atoms with Gasteiger partial charge in [0.1, 0.15) is 5.75 Å². The molecule has 0 saturated heterocycles. The number of Topliss-reactive ketones (excluding diaryl/α,β-unsaturated/α-hetero) is 1. The molecule has 0 amide bonds. The van der Waals surface area contributed by atoms with E-state index in [9.17, 15) is 13.2 Å². The number of sulfone groups is 1. The number of ketones is 1. The number of rotatable bonds is 8. The van der Waals surface area contributed by atoms with E-state index >= 15 is 0 Å². The van der Waals surface area contributed by atoms with Gasteiger partial charge in [0, 0.05) is 23.6 Å². The van der Waals surface area contributed by atoms with Crippen LogP contribution in [0, 0.1) is 0 Å². The average molecular weight is 436 g/mol. The van der Waals surface area contributed by atoms with Crippen LogP contribution in [0.5, 0.6) is 5.75 Å². The van der Waals surface area contributed by atoms with Gasteiger partial charge in [-0.3, -0.25) is 9.89 Å². The number of ether oxygens (including phenoxy) is 1. The standard InChI is InChI=1S/C23H21N3O4S/c1-2-30-19-6-10-21(11-7-19)31(28,29)20-8-3-16(4-9-20)5-12-22(27)17-13-18-15-25-26-23(18)24-14-17/h3-4,6-11,13-15H,2,5,12H2,1H3,(H,24,25,26). The van der Waals surface area contributed by atoms with Gasteiger partial charge in [0.05, 0.1) is 22.6 Å². The molecular formula is C23H21N3O4S. The van der Waals surface area contributed by atoms with Gasteiger partial charge >= 0.3 is 0 Å². The van der Waals surface area contributed by atoms with Crippen LogP contribution in [-0.2, 0) is 16.3 Å². The van der Waals surface area contributed by atoms with Crippen molar-refractivity contribution in [2.24, 2.45) is 0 Å². The first-order chi connectivity index (χ1) is 15.0. The SMILES string of the molecule is CCOc1ccc(S(=O)(=O)c2ccc(CCC(=O)c3cnc4[nH]ncc4c3)cc2)cc1. The maximum absolute atomic E-state index is 12.8. The van der Waals surface area contributed by atoms with E-state index in [4.69, 9.17) is 4.74 Å². The third kappa shape index (κ3) is 4.49. The fraction of sp³-hybridized carbons (Fsp3) is 0.174. The lowest BCUT2D eigenvalue weighted by atomic mass is 10.0. The summed E-state index contributed by atoms with van der Waals surface area (Å²) in [5, 5.41) is 7.44. The largest absolute Gasteiger partial charge is 0.494 e. The van der Waals surface area contributed by atoms with Gasteiger partial charge in [-0.15, -0.1) is 0 Å². The molecular weight excluding hydrogens is 414 g/mol. The molecule has 7 nitrogen and oxygen atoms in total. The number of carbonyl (C=O) groups excluding carboxylic acids is 1.